The third-order valence-corrected chi connectivity index (χ3v) is 2.54. The molecule has 3 N–H and O–H groups in total. The van der Waals surface area contributed by atoms with E-state index in [0.29, 0.717) is 0 Å². The Labute approximate surface area is 108 Å². The highest BCUT2D eigenvalue weighted by atomic mass is 19.1. The zero-order valence-corrected chi connectivity index (χ0v) is 10.6. The monoisotopic (exact) mass is 273 g/mol. The minimum atomic E-state index is -0.848. The topological polar surface area (TPSA) is 72.0 Å². The molecule has 104 valence electrons. The van der Waals surface area contributed by atoms with Crippen LogP contribution in [0.4, 0.5) is 13.6 Å². The van der Waals surface area contributed by atoms with Crippen molar-refractivity contribution in [2.24, 2.45) is 0 Å². The standard InChI is InChI=1S/C12H14F2N2O3/c1-7(9-4-3-8(13)5-10(9)14)15-6-11(17)16-12(18)19-2/h3-5,7,15H,6H2,1-2H3,(H,16,17,18)/p+1/t7-/m1/s1. The Morgan fingerprint density at radius 2 is 2.11 bits per heavy atom. The summed E-state index contributed by atoms with van der Waals surface area (Å²) in [4.78, 5) is 22.0. The summed E-state index contributed by atoms with van der Waals surface area (Å²) in [6, 6.07) is 2.87. The van der Waals surface area contributed by atoms with Crippen LogP contribution in [-0.2, 0) is 9.53 Å². The number of rotatable bonds is 4. The van der Waals surface area contributed by atoms with Crippen LogP contribution in [0.15, 0.2) is 18.2 Å². The molecule has 0 saturated heterocycles. The van der Waals surface area contributed by atoms with Gasteiger partial charge in [0.15, 0.2) is 6.54 Å². The molecule has 0 aromatic heterocycles. The lowest BCUT2D eigenvalue weighted by Crippen LogP contribution is -2.87. The molecule has 0 aliphatic heterocycles. The molecule has 2 amide bonds. The maximum Gasteiger partial charge on any atom is 0.413 e. The summed E-state index contributed by atoms with van der Waals surface area (Å²) in [5.41, 5.74) is 0.285. The first-order chi connectivity index (χ1) is 8.93. The Hall–Kier alpha value is -2.02. The summed E-state index contributed by atoms with van der Waals surface area (Å²) in [5.74, 6) is -1.88. The number of carbonyl (C=O) groups excluding carboxylic acids is 2. The van der Waals surface area contributed by atoms with Crippen LogP contribution in [0.2, 0.25) is 0 Å². The van der Waals surface area contributed by atoms with E-state index in [2.05, 4.69) is 4.74 Å². The van der Waals surface area contributed by atoms with Crippen molar-refractivity contribution in [1.29, 1.82) is 0 Å². The van der Waals surface area contributed by atoms with E-state index in [1.807, 2.05) is 5.32 Å². The number of nitrogens with one attached hydrogen (secondary N) is 1. The van der Waals surface area contributed by atoms with Crippen molar-refractivity contribution in [3.63, 3.8) is 0 Å². The third kappa shape index (κ3) is 4.63. The van der Waals surface area contributed by atoms with Gasteiger partial charge in [0.2, 0.25) is 0 Å². The smallest absolute Gasteiger partial charge is 0.413 e. The zero-order valence-electron chi connectivity index (χ0n) is 10.6. The lowest BCUT2D eigenvalue weighted by atomic mass is 10.1. The fourth-order valence-electron chi connectivity index (χ4n) is 1.50. The van der Waals surface area contributed by atoms with Gasteiger partial charge in [-0.15, -0.1) is 0 Å². The Balaban J connectivity index is 2.53. The van der Waals surface area contributed by atoms with Crippen LogP contribution >= 0.6 is 0 Å². The molecule has 19 heavy (non-hydrogen) atoms. The van der Waals surface area contributed by atoms with Crippen LogP contribution in [0.3, 0.4) is 0 Å². The van der Waals surface area contributed by atoms with Gasteiger partial charge in [0.05, 0.1) is 7.11 Å². The van der Waals surface area contributed by atoms with E-state index in [0.717, 1.165) is 19.2 Å². The SMILES string of the molecule is COC(=O)NC(=O)C[NH2+][C@H](C)c1ccc(F)cc1F. The van der Waals surface area contributed by atoms with Crippen LogP contribution in [-0.4, -0.2) is 25.7 Å². The molecule has 0 radical (unpaired) electrons. The van der Waals surface area contributed by atoms with Crippen molar-refractivity contribution < 1.29 is 28.4 Å². The van der Waals surface area contributed by atoms with E-state index in [4.69, 9.17) is 0 Å². The van der Waals surface area contributed by atoms with Crippen LogP contribution in [0.25, 0.3) is 0 Å². The first-order valence-corrected chi connectivity index (χ1v) is 5.60. The number of imide groups is 1. The second kappa shape index (κ2) is 6.79. The van der Waals surface area contributed by atoms with Crippen LogP contribution in [0.1, 0.15) is 18.5 Å². The van der Waals surface area contributed by atoms with Crippen molar-refractivity contribution in [1.82, 2.24) is 5.32 Å². The molecular formula is C12H15F2N2O3+. The minimum absolute atomic E-state index is 0.0763. The number of halogens is 2. The summed E-state index contributed by atoms with van der Waals surface area (Å²) < 4.78 is 30.5. The zero-order chi connectivity index (χ0) is 14.4. The second-order valence-corrected chi connectivity index (χ2v) is 3.93. The summed E-state index contributed by atoms with van der Waals surface area (Å²) in [7, 11) is 1.14. The van der Waals surface area contributed by atoms with Gasteiger partial charge in [0.25, 0.3) is 5.91 Å². The van der Waals surface area contributed by atoms with E-state index in [-0.39, 0.29) is 18.2 Å². The molecule has 0 fully saturated rings. The van der Waals surface area contributed by atoms with Gasteiger partial charge in [0.1, 0.15) is 17.7 Å². The second-order valence-electron chi connectivity index (χ2n) is 3.93. The molecular weight excluding hydrogens is 258 g/mol. The molecule has 0 heterocycles. The van der Waals surface area contributed by atoms with Gasteiger partial charge in [-0.3, -0.25) is 10.1 Å². The number of hydrogen-bond acceptors (Lipinski definition) is 3. The van der Waals surface area contributed by atoms with Crippen molar-refractivity contribution in [3.05, 3.63) is 35.4 Å². The maximum absolute atomic E-state index is 13.5. The lowest BCUT2D eigenvalue weighted by Gasteiger charge is -2.11. The maximum atomic E-state index is 13.5. The number of benzene rings is 1. The highest BCUT2D eigenvalue weighted by molar-refractivity contribution is 5.92. The first kappa shape index (κ1) is 15.0. The van der Waals surface area contributed by atoms with Gasteiger partial charge in [-0.2, -0.15) is 0 Å². The number of carbonyl (C=O) groups is 2. The number of methoxy groups -OCH3 is 1. The molecule has 0 aliphatic carbocycles. The molecule has 1 rings (SSSR count). The molecule has 1 atom stereocenters. The average Bonchev–Trinajstić information content (AvgIpc) is 2.35. The van der Waals surface area contributed by atoms with E-state index >= 15 is 0 Å². The number of ether oxygens (including phenoxy) is 1. The highest BCUT2D eigenvalue weighted by Crippen LogP contribution is 2.14. The predicted molar refractivity (Wildman–Crippen MR) is 62.1 cm³/mol. The molecule has 0 spiro atoms. The third-order valence-electron chi connectivity index (χ3n) is 2.54. The van der Waals surface area contributed by atoms with Crippen molar-refractivity contribution in [2.75, 3.05) is 13.7 Å². The van der Waals surface area contributed by atoms with Gasteiger partial charge >= 0.3 is 6.09 Å². The fourth-order valence-corrected chi connectivity index (χ4v) is 1.50. The Morgan fingerprint density at radius 3 is 2.68 bits per heavy atom. The summed E-state index contributed by atoms with van der Waals surface area (Å²) in [5, 5.41) is 3.50. The quantitative estimate of drug-likeness (QED) is 0.837. The molecule has 0 unspecified atom stereocenters. The molecule has 0 bridgehead atoms. The molecule has 7 heteroatoms. The first-order valence-electron chi connectivity index (χ1n) is 5.60. The molecule has 0 aliphatic rings. The number of amides is 2. The Bertz CT molecular complexity index is 480. The van der Waals surface area contributed by atoms with Crippen LogP contribution < -0.4 is 10.6 Å². The summed E-state index contributed by atoms with van der Waals surface area (Å²) >= 11 is 0. The van der Waals surface area contributed by atoms with E-state index in [1.54, 1.807) is 6.92 Å². The van der Waals surface area contributed by atoms with Crippen LogP contribution in [0.5, 0.6) is 0 Å². The summed E-state index contributed by atoms with van der Waals surface area (Å²) in [6.45, 7) is 1.59. The normalized spacial score (nSPS) is 11.8. The van der Waals surface area contributed by atoms with Gasteiger partial charge in [-0.1, -0.05) is 0 Å². The molecule has 0 saturated carbocycles. The number of hydrogen-bond donors (Lipinski definition) is 2. The largest absolute Gasteiger partial charge is 0.453 e. The number of alkyl carbamates (subject to hydrolysis) is 1. The average molecular weight is 273 g/mol. The lowest BCUT2D eigenvalue weighted by molar-refractivity contribution is -0.682. The number of quaternary nitrogens is 1. The molecule has 5 nitrogen and oxygen atoms in total. The van der Waals surface area contributed by atoms with Crippen molar-refractivity contribution in [2.45, 2.75) is 13.0 Å². The van der Waals surface area contributed by atoms with Gasteiger partial charge in [0, 0.05) is 11.6 Å². The van der Waals surface area contributed by atoms with Crippen molar-refractivity contribution in [3.8, 4) is 0 Å². The van der Waals surface area contributed by atoms with E-state index in [9.17, 15) is 18.4 Å². The Kier molecular flexibility index (Phi) is 5.37. The van der Waals surface area contributed by atoms with Gasteiger partial charge < -0.3 is 10.1 Å². The van der Waals surface area contributed by atoms with Crippen molar-refractivity contribution >= 4 is 12.0 Å². The van der Waals surface area contributed by atoms with E-state index in [1.165, 1.54) is 11.4 Å². The van der Waals surface area contributed by atoms with Gasteiger partial charge in [-0.05, 0) is 19.1 Å². The molecule has 1 aromatic carbocycles. The van der Waals surface area contributed by atoms with Crippen LogP contribution in [0, 0.1) is 11.6 Å². The Morgan fingerprint density at radius 1 is 1.42 bits per heavy atom. The summed E-state index contributed by atoms with van der Waals surface area (Å²) in [6.07, 6.45) is -0.848. The molecule has 1 aromatic rings. The van der Waals surface area contributed by atoms with Gasteiger partial charge in [-0.25, -0.2) is 13.6 Å². The highest BCUT2D eigenvalue weighted by Gasteiger charge is 2.17. The van der Waals surface area contributed by atoms with E-state index < -0.39 is 23.6 Å². The fraction of sp³-hybridized carbons (Fsp3) is 0.333. The number of nitrogens with two attached hydrogens (primary N) is 1. The predicted octanol–water partition coefficient (Wildman–Crippen LogP) is 0.472. The minimum Gasteiger partial charge on any atom is -0.453 e.